The van der Waals surface area contributed by atoms with Crippen molar-refractivity contribution in [3.63, 3.8) is 0 Å². The summed E-state index contributed by atoms with van der Waals surface area (Å²) in [7, 11) is -3.65. The highest BCUT2D eigenvalue weighted by Gasteiger charge is 2.38. The number of benzene rings is 1. The highest BCUT2D eigenvalue weighted by molar-refractivity contribution is 7.89. The van der Waals surface area contributed by atoms with E-state index in [2.05, 4.69) is 0 Å². The Morgan fingerprint density at radius 1 is 1.40 bits per heavy atom. The first-order valence-corrected chi connectivity index (χ1v) is 8.36. The zero-order valence-corrected chi connectivity index (χ0v) is 12.7. The van der Waals surface area contributed by atoms with E-state index in [1.165, 1.54) is 23.4 Å². The third kappa shape index (κ3) is 2.87. The summed E-state index contributed by atoms with van der Waals surface area (Å²) in [5.41, 5.74) is 6.18. The molecule has 4 nitrogen and oxygen atoms in total. The minimum absolute atomic E-state index is 0.0540. The summed E-state index contributed by atoms with van der Waals surface area (Å²) in [6.45, 7) is 4.03. The van der Waals surface area contributed by atoms with Crippen LogP contribution in [0, 0.1) is 12.7 Å². The van der Waals surface area contributed by atoms with Gasteiger partial charge in [0.1, 0.15) is 5.82 Å². The lowest BCUT2D eigenvalue weighted by molar-refractivity contribution is 0.402. The van der Waals surface area contributed by atoms with Crippen LogP contribution in [-0.2, 0) is 16.6 Å². The normalized spacial score (nSPS) is 15.8. The number of hydrogen-bond acceptors (Lipinski definition) is 3. The first-order chi connectivity index (χ1) is 9.41. The average Bonchev–Trinajstić information content (AvgIpc) is 3.22. The summed E-state index contributed by atoms with van der Waals surface area (Å²) in [6.07, 6.45) is 2.52. The van der Waals surface area contributed by atoms with E-state index in [9.17, 15) is 12.8 Å². The number of halogens is 1. The fourth-order valence-corrected chi connectivity index (χ4v) is 4.36. The number of nitrogens with zero attached hydrogens (tertiary/aromatic N) is 1. The molecule has 20 heavy (non-hydrogen) atoms. The molecular formula is C14H21FN2O2S. The quantitative estimate of drug-likeness (QED) is 0.875. The van der Waals surface area contributed by atoms with Gasteiger partial charge in [-0.1, -0.05) is 6.92 Å². The van der Waals surface area contributed by atoms with Gasteiger partial charge >= 0.3 is 0 Å². The van der Waals surface area contributed by atoms with Crippen molar-refractivity contribution in [2.45, 2.75) is 50.6 Å². The lowest BCUT2D eigenvalue weighted by Crippen LogP contribution is -2.34. The van der Waals surface area contributed by atoms with Gasteiger partial charge in [-0.15, -0.1) is 0 Å². The average molecular weight is 300 g/mol. The van der Waals surface area contributed by atoms with Crippen molar-refractivity contribution in [2.75, 3.05) is 6.54 Å². The third-order valence-corrected chi connectivity index (χ3v) is 5.65. The Morgan fingerprint density at radius 3 is 2.55 bits per heavy atom. The summed E-state index contributed by atoms with van der Waals surface area (Å²) < 4.78 is 40.9. The highest BCUT2D eigenvalue weighted by atomic mass is 32.2. The maximum Gasteiger partial charge on any atom is 0.243 e. The molecule has 1 aliphatic carbocycles. The van der Waals surface area contributed by atoms with Gasteiger partial charge in [0.05, 0.1) is 4.90 Å². The molecule has 1 aliphatic rings. The molecule has 2 N–H and O–H groups in total. The molecule has 0 bridgehead atoms. The van der Waals surface area contributed by atoms with Gasteiger partial charge in [0.2, 0.25) is 10.0 Å². The van der Waals surface area contributed by atoms with Crippen molar-refractivity contribution >= 4 is 10.0 Å². The number of nitrogens with two attached hydrogens (primary N) is 1. The van der Waals surface area contributed by atoms with Crippen molar-refractivity contribution in [2.24, 2.45) is 5.73 Å². The van der Waals surface area contributed by atoms with Gasteiger partial charge < -0.3 is 5.73 Å². The van der Waals surface area contributed by atoms with E-state index in [-0.39, 0.29) is 23.0 Å². The summed E-state index contributed by atoms with van der Waals surface area (Å²) in [5.74, 6) is -0.515. The van der Waals surface area contributed by atoms with Crippen LogP contribution >= 0.6 is 0 Å². The second-order valence-electron chi connectivity index (χ2n) is 5.25. The number of rotatable bonds is 6. The molecule has 0 aliphatic heterocycles. The molecule has 1 fully saturated rings. The summed E-state index contributed by atoms with van der Waals surface area (Å²) in [5, 5.41) is 0. The fourth-order valence-electron chi connectivity index (χ4n) is 2.30. The Bertz CT molecular complexity index is 597. The first-order valence-electron chi connectivity index (χ1n) is 6.92. The van der Waals surface area contributed by atoms with Gasteiger partial charge in [-0.3, -0.25) is 0 Å². The predicted molar refractivity (Wildman–Crippen MR) is 76.2 cm³/mol. The van der Waals surface area contributed by atoms with E-state index < -0.39 is 15.8 Å². The van der Waals surface area contributed by atoms with Crippen LogP contribution in [-0.4, -0.2) is 25.3 Å². The zero-order chi connectivity index (χ0) is 14.9. The van der Waals surface area contributed by atoms with Gasteiger partial charge in [-0.2, -0.15) is 4.31 Å². The SMILES string of the molecule is CCCN(C1CC1)S(=O)(=O)c1cc(CN)cc(F)c1C. The highest BCUT2D eigenvalue weighted by Crippen LogP contribution is 2.33. The molecule has 0 saturated heterocycles. The van der Waals surface area contributed by atoms with Crippen LogP contribution in [0.3, 0.4) is 0 Å². The molecule has 0 heterocycles. The van der Waals surface area contributed by atoms with Gasteiger partial charge in [0, 0.05) is 24.7 Å². The molecule has 6 heteroatoms. The Balaban J connectivity index is 2.49. The van der Waals surface area contributed by atoms with Gasteiger partial charge in [0.15, 0.2) is 0 Å². The van der Waals surface area contributed by atoms with Gasteiger partial charge in [-0.05, 0) is 43.9 Å². The summed E-state index contributed by atoms with van der Waals surface area (Å²) in [6, 6.07) is 2.87. The van der Waals surface area contributed by atoms with Crippen molar-refractivity contribution < 1.29 is 12.8 Å². The predicted octanol–water partition coefficient (Wildman–Crippen LogP) is 2.16. The minimum Gasteiger partial charge on any atom is -0.326 e. The van der Waals surface area contributed by atoms with Crippen LogP contribution in [0.1, 0.15) is 37.3 Å². The largest absolute Gasteiger partial charge is 0.326 e. The van der Waals surface area contributed by atoms with E-state index in [0.29, 0.717) is 12.1 Å². The van der Waals surface area contributed by atoms with E-state index in [1.807, 2.05) is 6.92 Å². The van der Waals surface area contributed by atoms with Crippen LogP contribution in [0.5, 0.6) is 0 Å². The molecule has 2 rings (SSSR count). The third-order valence-electron chi connectivity index (χ3n) is 3.58. The van der Waals surface area contributed by atoms with Crippen molar-refractivity contribution in [1.29, 1.82) is 0 Å². The number of hydrogen-bond donors (Lipinski definition) is 1. The van der Waals surface area contributed by atoms with E-state index in [4.69, 9.17) is 5.73 Å². The molecule has 1 saturated carbocycles. The molecule has 0 unspecified atom stereocenters. The fraction of sp³-hybridized carbons (Fsp3) is 0.571. The zero-order valence-electron chi connectivity index (χ0n) is 11.9. The molecular weight excluding hydrogens is 279 g/mol. The Labute approximate surface area is 119 Å². The summed E-state index contributed by atoms with van der Waals surface area (Å²) >= 11 is 0. The van der Waals surface area contributed by atoms with Crippen LogP contribution in [0.4, 0.5) is 4.39 Å². The lowest BCUT2D eigenvalue weighted by atomic mass is 10.1. The maximum atomic E-state index is 13.9. The second kappa shape index (κ2) is 5.79. The molecule has 0 amide bonds. The smallest absolute Gasteiger partial charge is 0.243 e. The number of sulfonamides is 1. The first kappa shape index (κ1) is 15.4. The van der Waals surface area contributed by atoms with E-state index in [0.717, 1.165) is 19.3 Å². The Morgan fingerprint density at radius 2 is 2.05 bits per heavy atom. The molecule has 1 aromatic carbocycles. The van der Waals surface area contributed by atoms with E-state index >= 15 is 0 Å². The molecule has 0 radical (unpaired) electrons. The molecule has 0 atom stereocenters. The lowest BCUT2D eigenvalue weighted by Gasteiger charge is -2.22. The monoisotopic (exact) mass is 300 g/mol. The second-order valence-corrected chi connectivity index (χ2v) is 7.11. The van der Waals surface area contributed by atoms with Crippen LogP contribution in [0.25, 0.3) is 0 Å². The topological polar surface area (TPSA) is 63.4 Å². The van der Waals surface area contributed by atoms with Gasteiger partial charge in [-0.25, -0.2) is 12.8 Å². The molecule has 0 aromatic heterocycles. The van der Waals surface area contributed by atoms with Gasteiger partial charge in [0.25, 0.3) is 0 Å². The molecule has 112 valence electrons. The Kier molecular flexibility index (Phi) is 4.46. The molecule has 1 aromatic rings. The van der Waals surface area contributed by atoms with Crippen LogP contribution < -0.4 is 5.73 Å². The van der Waals surface area contributed by atoms with E-state index in [1.54, 1.807) is 0 Å². The van der Waals surface area contributed by atoms with Crippen LogP contribution in [0.2, 0.25) is 0 Å². The Hall–Kier alpha value is -0.980. The van der Waals surface area contributed by atoms with Crippen LogP contribution in [0.15, 0.2) is 17.0 Å². The standard InChI is InChI=1S/C14H21FN2O2S/c1-3-6-17(12-4-5-12)20(18,19)14-8-11(9-16)7-13(15)10(14)2/h7-8,12H,3-6,9,16H2,1-2H3. The minimum atomic E-state index is -3.65. The van der Waals surface area contributed by atoms with Crippen molar-refractivity contribution in [3.05, 3.63) is 29.1 Å². The summed E-state index contributed by atoms with van der Waals surface area (Å²) in [4.78, 5) is 0.0540. The van der Waals surface area contributed by atoms with Crippen molar-refractivity contribution in [1.82, 2.24) is 4.31 Å². The molecule has 0 spiro atoms. The van der Waals surface area contributed by atoms with Crippen molar-refractivity contribution in [3.8, 4) is 0 Å². The maximum absolute atomic E-state index is 13.9.